The second-order valence-corrected chi connectivity index (χ2v) is 4.75. The molecule has 1 saturated carbocycles. The fraction of sp³-hybridized carbons (Fsp3) is 0.643. The van der Waals surface area contributed by atoms with Gasteiger partial charge < -0.3 is 14.8 Å². The molecule has 0 amide bonds. The second-order valence-electron chi connectivity index (χ2n) is 4.75. The van der Waals surface area contributed by atoms with Crippen LogP contribution in [0.5, 0.6) is 5.88 Å². The summed E-state index contributed by atoms with van der Waals surface area (Å²) >= 11 is 0. The topological polar surface area (TPSA) is 43.4 Å². The summed E-state index contributed by atoms with van der Waals surface area (Å²) in [5.74, 6) is 0.668. The summed E-state index contributed by atoms with van der Waals surface area (Å²) in [6, 6.07) is 4.59. The predicted octanol–water partition coefficient (Wildman–Crippen LogP) is 2.14. The molecule has 0 unspecified atom stereocenters. The fourth-order valence-corrected chi connectivity index (χ4v) is 2.44. The van der Waals surface area contributed by atoms with Gasteiger partial charge >= 0.3 is 0 Å². The molecule has 1 aromatic rings. The quantitative estimate of drug-likeness (QED) is 0.869. The van der Waals surface area contributed by atoms with E-state index in [1.54, 1.807) is 13.3 Å². The first-order chi connectivity index (χ1) is 8.83. The summed E-state index contributed by atoms with van der Waals surface area (Å²) in [4.78, 5) is 4.17. The molecule has 4 nitrogen and oxygen atoms in total. The fourth-order valence-electron chi connectivity index (χ4n) is 2.44. The molecule has 0 saturated heterocycles. The minimum atomic E-state index is 0.375. The molecular formula is C14H22N2O2. The van der Waals surface area contributed by atoms with Gasteiger partial charge in [0.15, 0.2) is 0 Å². The van der Waals surface area contributed by atoms with Crippen LogP contribution in [0.2, 0.25) is 0 Å². The minimum absolute atomic E-state index is 0.375. The van der Waals surface area contributed by atoms with Crippen LogP contribution in [0, 0.1) is 0 Å². The molecule has 0 aliphatic heterocycles. The van der Waals surface area contributed by atoms with Crippen molar-refractivity contribution in [2.45, 2.75) is 44.4 Å². The van der Waals surface area contributed by atoms with Gasteiger partial charge in [-0.05, 0) is 44.9 Å². The van der Waals surface area contributed by atoms with E-state index in [-0.39, 0.29) is 0 Å². The van der Waals surface area contributed by atoms with Gasteiger partial charge in [-0.15, -0.1) is 0 Å². The van der Waals surface area contributed by atoms with E-state index >= 15 is 0 Å². The Kier molecular flexibility index (Phi) is 4.96. The van der Waals surface area contributed by atoms with Crippen LogP contribution in [0.25, 0.3) is 0 Å². The third kappa shape index (κ3) is 3.43. The molecule has 1 fully saturated rings. The zero-order chi connectivity index (χ0) is 12.8. The molecule has 4 heteroatoms. The lowest BCUT2D eigenvalue weighted by molar-refractivity contribution is 0.0109. The first-order valence-electron chi connectivity index (χ1n) is 6.60. The van der Waals surface area contributed by atoms with Crippen molar-refractivity contribution < 1.29 is 9.47 Å². The Morgan fingerprint density at radius 3 is 2.78 bits per heavy atom. The van der Waals surface area contributed by atoms with E-state index in [0.29, 0.717) is 24.6 Å². The minimum Gasteiger partial charge on any atom is -0.481 e. The van der Waals surface area contributed by atoms with Gasteiger partial charge in [0.05, 0.1) is 19.8 Å². The molecule has 18 heavy (non-hydrogen) atoms. The number of hydrogen-bond acceptors (Lipinski definition) is 4. The number of ether oxygens (including phenoxy) is 2. The Morgan fingerprint density at radius 2 is 2.11 bits per heavy atom. The molecule has 2 rings (SSSR count). The van der Waals surface area contributed by atoms with Gasteiger partial charge in [0.2, 0.25) is 5.88 Å². The molecule has 1 N–H and O–H groups in total. The van der Waals surface area contributed by atoms with Gasteiger partial charge in [-0.3, -0.25) is 0 Å². The summed E-state index contributed by atoms with van der Waals surface area (Å²) in [7, 11) is 3.68. The number of hydrogen-bond donors (Lipinski definition) is 1. The molecule has 0 spiro atoms. The highest BCUT2D eigenvalue weighted by Crippen LogP contribution is 2.23. The van der Waals surface area contributed by atoms with Crippen LogP contribution in [-0.2, 0) is 11.3 Å². The predicted molar refractivity (Wildman–Crippen MR) is 70.7 cm³/mol. The van der Waals surface area contributed by atoms with Gasteiger partial charge in [0.25, 0.3) is 0 Å². The number of nitrogens with one attached hydrogen (secondary N) is 1. The van der Waals surface area contributed by atoms with Crippen LogP contribution in [0.3, 0.4) is 0 Å². The maximum Gasteiger partial charge on any atom is 0.218 e. The Labute approximate surface area is 109 Å². The molecule has 1 heterocycles. The van der Waals surface area contributed by atoms with Crippen LogP contribution in [0.15, 0.2) is 18.3 Å². The van der Waals surface area contributed by atoms with Gasteiger partial charge in [0.1, 0.15) is 0 Å². The lowest BCUT2D eigenvalue weighted by atomic mass is 9.93. The zero-order valence-electron chi connectivity index (χ0n) is 11.2. The van der Waals surface area contributed by atoms with Crippen molar-refractivity contribution in [2.75, 3.05) is 14.2 Å². The average Bonchev–Trinajstić information content (AvgIpc) is 2.46. The molecule has 0 aromatic carbocycles. The largest absolute Gasteiger partial charge is 0.481 e. The molecule has 0 bridgehead atoms. The molecule has 0 radical (unpaired) electrons. The van der Waals surface area contributed by atoms with Crippen LogP contribution < -0.4 is 10.1 Å². The van der Waals surface area contributed by atoms with Gasteiger partial charge in [-0.25, -0.2) is 4.98 Å². The van der Waals surface area contributed by atoms with Crippen molar-refractivity contribution >= 4 is 0 Å². The summed E-state index contributed by atoms with van der Waals surface area (Å²) in [5, 5.41) is 3.33. The Bertz CT molecular complexity index is 363. The molecule has 1 aromatic heterocycles. The third-order valence-electron chi connectivity index (χ3n) is 3.60. The van der Waals surface area contributed by atoms with E-state index < -0.39 is 0 Å². The second kappa shape index (κ2) is 6.71. The summed E-state index contributed by atoms with van der Waals surface area (Å²) < 4.78 is 11.2. The SMILES string of the molecule is CNC1CCC(OCc2cccnc2OC)CC1. The van der Waals surface area contributed by atoms with Crippen molar-refractivity contribution in [1.82, 2.24) is 10.3 Å². The Balaban J connectivity index is 1.81. The maximum absolute atomic E-state index is 5.96. The molecule has 0 atom stereocenters. The molecular weight excluding hydrogens is 228 g/mol. The summed E-state index contributed by atoms with van der Waals surface area (Å²) in [6.45, 7) is 0.589. The van der Waals surface area contributed by atoms with Gasteiger partial charge in [0, 0.05) is 17.8 Å². The molecule has 1 aliphatic carbocycles. The number of methoxy groups -OCH3 is 1. The van der Waals surface area contributed by atoms with Gasteiger partial charge in [-0.2, -0.15) is 0 Å². The smallest absolute Gasteiger partial charge is 0.218 e. The Hall–Kier alpha value is -1.13. The number of aromatic nitrogens is 1. The first-order valence-corrected chi connectivity index (χ1v) is 6.60. The van der Waals surface area contributed by atoms with Crippen LogP contribution >= 0.6 is 0 Å². The highest BCUT2D eigenvalue weighted by atomic mass is 16.5. The standard InChI is InChI=1S/C14H22N2O2/c1-15-12-5-7-13(8-6-12)18-10-11-4-3-9-16-14(11)17-2/h3-4,9,12-13,15H,5-8,10H2,1-2H3. The maximum atomic E-state index is 5.96. The lowest BCUT2D eigenvalue weighted by Gasteiger charge is -2.28. The van der Waals surface area contributed by atoms with Crippen LogP contribution in [0.1, 0.15) is 31.2 Å². The average molecular weight is 250 g/mol. The van der Waals surface area contributed by atoms with E-state index in [2.05, 4.69) is 10.3 Å². The third-order valence-corrected chi connectivity index (χ3v) is 3.60. The van der Waals surface area contributed by atoms with Crippen molar-refractivity contribution in [1.29, 1.82) is 0 Å². The Morgan fingerprint density at radius 1 is 1.33 bits per heavy atom. The van der Waals surface area contributed by atoms with Crippen molar-refractivity contribution in [3.63, 3.8) is 0 Å². The molecule has 1 aliphatic rings. The van der Waals surface area contributed by atoms with E-state index in [9.17, 15) is 0 Å². The van der Waals surface area contributed by atoms with Crippen LogP contribution in [-0.4, -0.2) is 31.3 Å². The summed E-state index contributed by atoms with van der Waals surface area (Å²) in [6.07, 6.45) is 6.78. The van der Waals surface area contributed by atoms with Gasteiger partial charge in [-0.1, -0.05) is 0 Å². The number of nitrogens with zero attached hydrogens (tertiary/aromatic N) is 1. The zero-order valence-corrected chi connectivity index (χ0v) is 11.2. The van der Waals surface area contributed by atoms with E-state index in [1.807, 2.05) is 19.2 Å². The number of pyridine rings is 1. The normalized spacial score (nSPS) is 23.9. The van der Waals surface area contributed by atoms with Crippen molar-refractivity contribution in [2.24, 2.45) is 0 Å². The van der Waals surface area contributed by atoms with Crippen molar-refractivity contribution in [3.8, 4) is 5.88 Å². The van der Waals surface area contributed by atoms with E-state index in [4.69, 9.17) is 9.47 Å². The number of rotatable bonds is 5. The van der Waals surface area contributed by atoms with Crippen molar-refractivity contribution in [3.05, 3.63) is 23.9 Å². The highest BCUT2D eigenvalue weighted by molar-refractivity contribution is 5.24. The van der Waals surface area contributed by atoms with E-state index in [0.717, 1.165) is 18.4 Å². The van der Waals surface area contributed by atoms with Crippen LogP contribution in [0.4, 0.5) is 0 Å². The molecule has 100 valence electrons. The summed E-state index contributed by atoms with van der Waals surface area (Å²) in [5.41, 5.74) is 1.02. The van der Waals surface area contributed by atoms with E-state index in [1.165, 1.54) is 12.8 Å². The first kappa shape index (κ1) is 13.3. The monoisotopic (exact) mass is 250 g/mol. The highest BCUT2D eigenvalue weighted by Gasteiger charge is 2.20. The lowest BCUT2D eigenvalue weighted by Crippen LogP contribution is -2.32.